The van der Waals surface area contributed by atoms with Crippen molar-refractivity contribution in [2.24, 2.45) is 11.7 Å². The van der Waals surface area contributed by atoms with Crippen LogP contribution in [-0.4, -0.2) is 24.0 Å². The molecule has 1 saturated heterocycles. The van der Waals surface area contributed by atoms with Gasteiger partial charge in [0.2, 0.25) is 0 Å². The van der Waals surface area contributed by atoms with Gasteiger partial charge in [-0.25, -0.2) is 8.78 Å². The van der Waals surface area contributed by atoms with Gasteiger partial charge in [-0.1, -0.05) is 6.92 Å². The van der Waals surface area contributed by atoms with Crippen LogP contribution in [0.25, 0.3) is 0 Å². The van der Waals surface area contributed by atoms with Crippen molar-refractivity contribution >= 4 is 0 Å². The topological polar surface area (TPSA) is 29.3 Å². The quantitative estimate of drug-likeness (QED) is 0.832. The minimum atomic E-state index is -0.522. The molecule has 1 aromatic rings. The summed E-state index contributed by atoms with van der Waals surface area (Å²) in [6.45, 7) is 4.34. The van der Waals surface area contributed by atoms with Crippen LogP contribution in [0, 0.1) is 17.6 Å². The lowest BCUT2D eigenvalue weighted by atomic mass is 10.1. The van der Waals surface area contributed by atoms with Crippen LogP contribution in [0.2, 0.25) is 0 Å². The fourth-order valence-electron chi connectivity index (χ4n) is 2.18. The molecule has 88 valence electrons. The van der Waals surface area contributed by atoms with Crippen LogP contribution in [0.15, 0.2) is 18.2 Å². The first-order valence-corrected chi connectivity index (χ1v) is 5.47. The van der Waals surface area contributed by atoms with Crippen molar-refractivity contribution in [1.29, 1.82) is 0 Å². The zero-order valence-corrected chi connectivity index (χ0v) is 9.29. The van der Waals surface area contributed by atoms with Gasteiger partial charge >= 0.3 is 0 Å². The van der Waals surface area contributed by atoms with Crippen molar-refractivity contribution < 1.29 is 8.78 Å². The highest BCUT2D eigenvalue weighted by Crippen LogP contribution is 2.18. The summed E-state index contributed by atoms with van der Waals surface area (Å²) in [4.78, 5) is 2.13. The van der Waals surface area contributed by atoms with Gasteiger partial charge in [0.25, 0.3) is 0 Å². The lowest BCUT2D eigenvalue weighted by Gasteiger charge is -2.15. The molecular weight excluding hydrogens is 210 g/mol. The van der Waals surface area contributed by atoms with Crippen molar-refractivity contribution in [3.63, 3.8) is 0 Å². The zero-order chi connectivity index (χ0) is 11.7. The van der Waals surface area contributed by atoms with Crippen molar-refractivity contribution in [3.8, 4) is 0 Å². The Morgan fingerprint density at radius 1 is 1.25 bits per heavy atom. The molecule has 4 heteroatoms. The molecule has 1 heterocycles. The van der Waals surface area contributed by atoms with Crippen LogP contribution in [0.3, 0.4) is 0 Å². The molecule has 0 radical (unpaired) electrons. The van der Waals surface area contributed by atoms with Crippen LogP contribution < -0.4 is 5.73 Å². The van der Waals surface area contributed by atoms with Crippen molar-refractivity contribution in [2.45, 2.75) is 19.5 Å². The molecule has 0 spiro atoms. The Bertz CT molecular complexity index is 351. The molecule has 2 N–H and O–H groups in total. The molecule has 16 heavy (non-hydrogen) atoms. The van der Waals surface area contributed by atoms with Gasteiger partial charge in [0.05, 0.1) is 0 Å². The van der Waals surface area contributed by atoms with Crippen molar-refractivity contribution in [1.82, 2.24) is 4.90 Å². The van der Waals surface area contributed by atoms with Gasteiger partial charge in [-0.15, -0.1) is 0 Å². The van der Waals surface area contributed by atoms with Crippen LogP contribution in [-0.2, 0) is 6.54 Å². The lowest BCUT2D eigenvalue weighted by molar-refractivity contribution is 0.318. The Kier molecular flexibility index (Phi) is 3.21. The third kappa shape index (κ3) is 2.57. The van der Waals surface area contributed by atoms with Gasteiger partial charge < -0.3 is 5.73 Å². The average molecular weight is 226 g/mol. The highest BCUT2D eigenvalue weighted by Gasteiger charge is 2.26. The molecule has 1 fully saturated rings. The minimum absolute atomic E-state index is 0.165. The van der Waals surface area contributed by atoms with E-state index in [0.717, 1.165) is 19.2 Å². The summed E-state index contributed by atoms with van der Waals surface area (Å²) >= 11 is 0. The van der Waals surface area contributed by atoms with Gasteiger partial charge in [0, 0.05) is 31.7 Å². The fraction of sp³-hybridized carbons (Fsp3) is 0.500. The van der Waals surface area contributed by atoms with E-state index in [-0.39, 0.29) is 6.04 Å². The first kappa shape index (κ1) is 11.5. The summed E-state index contributed by atoms with van der Waals surface area (Å²) in [7, 11) is 0. The molecule has 1 aromatic carbocycles. The second-order valence-corrected chi connectivity index (χ2v) is 4.61. The largest absolute Gasteiger partial charge is 0.326 e. The summed E-state index contributed by atoms with van der Waals surface area (Å²) in [6.07, 6.45) is 0. The van der Waals surface area contributed by atoms with Gasteiger partial charge in [-0.3, -0.25) is 4.90 Å². The van der Waals surface area contributed by atoms with E-state index in [0.29, 0.717) is 18.0 Å². The Labute approximate surface area is 94.0 Å². The number of hydrogen-bond donors (Lipinski definition) is 1. The fourth-order valence-corrected chi connectivity index (χ4v) is 2.18. The maximum absolute atomic E-state index is 13.0. The van der Waals surface area contributed by atoms with Crippen LogP contribution in [0.4, 0.5) is 8.78 Å². The van der Waals surface area contributed by atoms with Gasteiger partial charge in [-0.2, -0.15) is 0 Å². The minimum Gasteiger partial charge on any atom is -0.326 e. The highest BCUT2D eigenvalue weighted by molar-refractivity contribution is 5.18. The van der Waals surface area contributed by atoms with Gasteiger partial charge in [0.15, 0.2) is 0 Å². The first-order valence-electron chi connectivity index (χ1n) is 5.47. The third-order valence-corrected chi connectivity index (χ3v) is 3.07. The Morgan fingerprint density at radius 3 is 2.38 bits per heavy atom. The van der Waals surface area contributed by atoms with E-state index in [1.807, 2.05) is 0 Å². The summed E-state index contributed by atoms with van der Waals surface area (Å²) < 4.78 is 25.9. The van der Waals surface area contributed by atoms with E-state index < -0.39 is 11.6 Å². The van der Waals surface area contributed by atoms with Crippen molar-refractivity contribution in [2.75, 3.05) is 13.1 Å². The molecule has 2 rings (SSSR count). The molecular formula is C12H16F2N2. The lowest BCUT2D eigenvalue weighted by Crippen LogP contribution is -2.28. The molecule has 0 aromatic heterocycles. The van der Waals surface area contributed by atoms with E-state index in [4.69, 9.17) is 5.73 Å². The Hall–Kier alpha value is -1.00. The molecule has 1 aliphatic rings. The molecule has 2 unspecified atom stereocenters. The SMILES string of the molecule is CC1CN(Cc2cc(F)cc(F)c2)CC1N. The van der Waals surface area contributed by atoms with Gasteiger partial charge in [-0.05, 0) is 23.6 Å². The second-order valence-electron chi connectivity index (χ2n) is 4.61. The summed E-state index contributed by atoms with van der Waals surface area (Å²) in [5.41, 5.74) is 6.56. The molecule has 0 saturated carbocycles. The number of likely N-dealkylation sites (tertiary alicyclic amines) is 1. The van der Waals surface area contributed by atoms with E-state index in [9.17, 15) is 8.78 Å². The monoisotopic (exact) mass is 226 g/mol. The second kappa shape index (κ2) is 4.47. The number of hydrogen-bond acceptors (Lipinski definition) is 2. The molecule has 0 amide bonds. The highest BCUT2D eigenvalue weighted by atomic mass is 19.1. The number of benzene rings is 1. The van der Waals surface area contributed by atoms with E-state index in [1.165, 1.54) is 12.1 Å². The molecule has 2 nitrogen and oxygen atoms in total. The molecule has 1 aliphatic heterocycles. The van der Waals surface area contributed by atoms with E-state index in [2.05, 4.69) is 11.8 Å². The Morgan fingerprint density at radius 2 is 1.88 bits per heavy atom. The maximum Gasteiger partial charge on any atom is 0.126 e. The summed E-state index contributed by atoms with van der Waals surface area (Å²) in [6, 6.07) is 3.80. The third-order valence-electron chi connectivity index (χ3n) is 3.07. The normalized spacial score (nSPS) is 26.2. The molecule has 2 atom stereocenters. The van der Waals surface area contributed by atoms with Crippen LogP contribution in [0.1, 0.15) is 12.5 Å². The van der Waals surface area contributed by atoms with Crippen LogP contribution in [0.5, 0.6) is 0 Å². The average Bonchev–Trinajstić information content (AvgIpc) is 2.43. The Balaban J connectivity index is 2.04. The number of halogens is 2. The predicted molar refractivity (Wildman–Crippen MR) is 58.8 cm³/mol. The molecule has 0 bridgehead atoms. The number of nitrogens with two attached hydrogens (primary N) is 1. The predicted octanol–water partition coefficient (Wildman–Crippen LogP) is 1.74. The van der Waals surface area contributed by atoms with E-state index in [1.54, 1.807) is 0 Å². The zero-order valence-electron chi connectivity index (χ0n) is 9.29. The summed E-state index contributed by atoms with van der Waals surface area (Å²) in [5.74, 6) is -0.600. The number of rotatable bonds is 2. The van der Waals surface area contributed by atoms with Crippen molar-refractivity contribution in [3.05, 3.63) is 35.4 Å². The molecule has 0 aliphatic carbocycles. The van der Waals surface area contributed by atoms with Crippen LogP contribution >= 0.6 is 0 Å². The summed E-state index contributed by atoms with van der Waals surface area (Å²) in [5, 5.41) is 0. The van der Waals surface area contributed by atoms with Gasteiger partial charge in [0.1, 0.15) is 11.6 Å². The smallest absolute Gasteiger partial charge is 0.126 e. The first-order chi connectivity index (χ1) is 7.54. The maximum atomic E-state index is 13.0. The number of nitrogens with zero attached hydrogens (tertiary/aromatic N) is 1. The standard InChI is InChI=1S/C12H16F2N2/c1-8-5-16(7-12(8)15)6-9-2-10(13)4-11(14)3-9/h2-4,8,12H,5-7,15H2,1H3. The van der Waals surface area contributed by atoms with E-state index >= 15 is 0 Å².